The van der Waals surface area contributed by atoms with E-state index >= 15 is 0 Å². The monoisotopic (exact) mass is 362 g/mol. The highest BCUT2D eigenvalue weighted by atomic mass is 35.5. The van der Waals surface area contributed by atoms with Gasteiger partial charge in [0.05, 0.1) is 12.7 Å². The highest BCUT2D eigenvalue weighted by Gasteiger charge is 2.16. The van der Waals surface area contributed by atoms with E-state index in [1.165, 1.54) is 19.2 Å². The van der Waals surface area contributed by atoms with Gasteiger partial charge in [-0.1, -0.05) is 11.6 Å². The molecule has 0 N–H and O–H groups in total. The van der Waals surface area contributed by atoms with Crippen LogP contribution in [0.25, 0.3) is 11.5 Å². The number of hydrogen-bond donors (Lipinski definition) is 0. The zero-order valence-electron chi connectivity index (χ0n) is 13.0. The number of nitrogens with zero attached hydrogens (tertiary/aromatic N) is 2. The van der Waals surface area contributed by atoms with Crippen molar-refractivity contribution in [3.8, 4) is 17.2 Å². The molecular weight excluding hydrogens is 351 g/mol. The summed E-state index contributed by atoms with van der Waals surface area (Å²) in [6.07, 6.45) is 0. The average molecular weight is 363 g/mol. The van der Waals surface area contributed by atoms with Crippen LogP contribution in [-0.4, -0.2) is 23.3 Å². The number of aromatic nitrogens is 2. The number of rotatable bonds is 5. The summed E-state index contributed by atoms with van der Waals surface area (Å²) in [6.45, 7) is -0.273. The fourth-order valence-electron chi connectivity index (χ4n) is 2.01. The molecule has 2 aromatic carbocycles. The van der Waals surface area contributed by atoms with Crippen LogP contribution in [0.2, 0.25) is 5.02 Å². The summed E-state index contributed by atoms with van der Waals surface area (Å²) >= 11 is 5.82. The van der Waals surface area contributed by atoms with Crippen LogP contribution in [0.15, 0.2) is 46.9 Å². The van der Waals surface area contributed by atoms with Crippen LogP contribution < -0.4 is 4.74 Å². The van der Waals surface area contributed by atoms with Gasteiger partial charge >= 0.3 is 5.97 Å². The van der Waals surface area contributed by atoms with Crippen molar-refractivity contribution in [1.82, 2.24) is 10.2 Å². The molecule has 128 valence electrons. The maximum absolute atomic E-state index is 13.8. The first-order valence-electron chi connectivity index (χ1n) is 7.16. The van der Waals surface area contributed by atoms with Crippen molar-refractivity contribution in [2.45, 2.75) is 6.61 Å². The number of carbonyl (C=O) groups excluding carboxylic acids is 1. The number of esters is 1. The maximum atomic E-state index is 13.8. The Labute approximate surface area is 147 Å². The molecule has 25 heavy (non-hydrogen) atoms. The van der Waals surface area contributed by atoms with Gasteiger partial charge in [0.1, 0.15) is 11.6 Å². The molecule has 0 bridgehead atoms. The third-order valence-corrected chi connectivity index (χ3v) is 3.53. The molecule has 0 unspecified atom stereocenters. The molecule has 3 aromatic rings. The van der Waals surface area contributed by atoms with Crippen molar-refractivity contribution in [2.24, 2.45) is 0 Å². The first-order valence-corrected chi connectivity index (χ1v) is 7.53. The van der Waals surface area contributed by atoms with Crippen molar-refractivity contribution in [2.75, 3.05) is 7.11 Å². The van der Waals surface area contributed by atoms with E-state index in [1.807, 2.05) is 0 Å². The van der Waals surface area contributed by atoms with Crippen molar-refractivity contribution < 1.29 is 23.1 Å². The molecule has 0 aliphatic rings. The van der Waals surface area contributed by atoms with Gasteiger partial charge in [0.15, 0.2) is 6.61 Å². The van der Waals surface area contributed by atoms with E-state index in [0.29, 0.717) is 16.3 Å². The van der Waals surface area contributed by atoms with Crippen LogP contribution in [0.5, 0.6) is 5.75 Å². The van der Waals surface area contributed by atoms with E-state index in [9.17, 15) is 9.18 Å². The molecule has 0 aliphatic carbocycles. The van der Waals surface area contributed by atoms with Crippen LogP contribution in [0.4, 0.5) is 4.39 Å². The molecule has 0 spiro atoms. The Balaban J connectivity index is 1.66. The number of ether oxygens (including phenoxy) is 2. The second-order valence-corrected chi connectivity index (χ2v) is 5.37. The summed E-state index contributed by atoms with van der Waals surface area (Å²) < 4.78 is 29.1. The van der Waals surface area contributed by atoms with E-state index in [4.69, 9.17) is 25.5 Å². The fourth-order valence-corrected chi connectivity index (χ4v) is 2.14. The van der Waals surface area contributed by atoms with E-state index in [1.54, 1.807) is 24.3 Å². The molecule has 1 heterocycles. The van der Waals surface area contributed by atoms with Crippen LogP contribution in [0.3, 0.4) is 0 Å². The van der Waals surface area contributed by atoms with Crippen molar-refractivity contribution in [1.29, 1.82) is 0 Å². The quantitative estimate of drug-likeness (QED) is 0.641. The van der Waals surface area contributed by atoms with Gasteiger partial charge in [-0.3, -0.25) is 0 Å². The molecule has 1 aromatic heterocycles. The predicted molar refractivity (Wildman–Crippen MR) is 86.8 cm³/mol. The second kappa shape index (κ2) is 7.31. The molecule has 0 saturated heterocycles. The van der Waals surface area contributed by atoms with Gasteiger partial charge in [0.25, 0.3) is 5.89 Å². The topological polar surface area (TPSA) is 74.5 Å². The Kier molecular flexibility index (Phi) is 4.95. The summed E-state index contributed by atoms with van der Waals surface area (Å²) in [4.78, 5) is 11.9. The normalized spacial score (nSPS) is 10.5. The van der Waals surface area contributed by atoms with Crippen molar-refractivity contribution >= 4 is 17.6 Å². The number of benzene rings is 2. The molecule has 0 radical (unpaired) electrons. The molecule has 8 heteroatoms. The van der Waals surface area contributed by atoms with Crippen LogP contribution >= 0.6 is 11.6 Å². The third kappa shape index (κ3) is 3.95. The predicted octanol–water partition coefficient (Wildman–Crippen LogP) is 3.89. The minimum atomic E-state index is -0.841. The lowest BCUT2D eigenvalue weighted by atomic mass is 10.2. The Bertz CT molecular complexity index is 896. The van der Waals surface area contributed by atoms with Gasteiger partial charge < -0.3 is 13.9 Å². The summed E-state index contributed by atoms with van der Waals surface area (Å²) in [7, 11) is 1.40. The number of halogens is 2. The molecule has 3 rings (SSSR count). The zero-order chi connectivity index (χ0) is 17.8. The maximum Gasteiger partial charge on any atom is 0.341 e. The van der Waals surface area contributed by atoms with Crippen LogP contribution in [-0.2, 0) is 11.3 Å². The molecule has 0 saturated carbocycles. The Morgan fingerprint density at radius 3 is 2.64 bits per heavy atom. The SMILES string of the molecule is COc1ccc(C(=O)OCc2nnc(-c3ccc(Cl)cc3)o2)c(F)c1. The lowest BCUT2D eigenvalue weighted by Crippen LogP contribution is -2.08. The highest BCUT2D eigenvalue weighted by molar-refractivity contribution is 6.30. The Morgan fingerprint density at radius 1 is 1.20 bits per heavy atom. The van der Waals surface area contributed by atoms with Gasteiger partial charge in [0.2, 0.25) is 5.89 Å². The summed E-state index contributed by atoms with van der Waals surface area (Å²) in [6, 6.07) is 10.7. The highest BCUT2D eigenvalue weighted by Crippen LogP contribution is 2.21. The second-order valence-electron chi connectivity index (χ2n) is 4.93. The Hall–Kier alpha value is -2.93. The van der Waals surface area contributed by atoms with Gasteiger partial charge in [-0.15, -0.1) is 10.2 Å². The lowest BCUT2D eigenvalue weighted by molar-refractivity contribution is 0.0433. The minimum absolute atomic E-state index is 0.0900. The van der Waals surface area contributed by atoms with Crippen LogP contribution in [0, 0.1) is 5.82 Å². The Morgan fingerprint density at radius 2 is 1.96 bits per heavy atom. The van der Waals surface area contributed by atoms with Gasteiger partial charge in [0, 0.05) is 16.7 Å². The molecule has 0 fully saturated rings. The number of methoxy groups -OCH3 is 1. The summed E-state index contributed by atoms with van der Waals surface area (Å²) in [5, 5.41) is 8.24. The standard InChI is InChI=1S/C17H12ClFN2O4/c1-23-12-6-7-13(14(19)8-12)17(22)24-9-15-20-21-16(25-15)10-2-4-11(18)5-3-10/h2-8H,9H2,1H3. The summed E-state index contributed by atoms with van der Waals surface area (Å²) in [5.41, 5.74) is 0.467. The minimum Gasteiger partial charge on any atom is -0.497 e. The third-order valence-electron chi connectivity index (χ3n) is 3.28. The first-order chi connectivity index (χ1) is 12.1. The number of hydrogen-bond acceptors (Lipinski definition) is 6. The van der Waals surface area contributed by atoms with Crippen LogP contribution in [0.1, 0.15) is 16.2 Å². The van der Waals surface area contributed by atoms with Gasteiger partial charge in [-0.2, -0.15) is 0 Å². The molecule has 0 atom stereocenters. The molecule has 0 aliphatic heterocycles. The van der Waals surface area contributed by atoms with Crippen molar-refractivity contribution in [3.05, 3.63) is 64.8 Å². The lowest BCUT2D eigenvalue weighted by Gasteiger charge is -2.05. The molecular formula is C17H12ClFN2O4. The first kappa shape index (κ1) is 16.9. The number of carbonyl (C=O) groups is 1. The van der Waals surface area contributed by atoms with E-state index in [-0.39, 0.29) is 24.0 Å². The zero-order valence-corrected chi connectivity index (χ0v) is 13.8. The van der Waals surface area contributed by atoms with E-state index in [2.05, 4.69) is 10.2 Å². The van der Waals surface area contributed by atoms with Gasteiger partial charge in [-0.25, -0.2) is 9.18 Å². The van der Waals surface area contributed by atoms with Crippen molar-refractivity contribution in [3.63, 3.8) is 0 Å². The van der Waals surface area contributed by atoms with E-state index in [0.717, 1.165) is 6.07 Å². The summed E-state index contributed by atoms with van der Waals surface area (Å²) in [5.74, 6) is -0.924. The average Bonchev–Trinajstić information content (AvgIpc) is 3.09. The van der Waals surface area contributed by atoms with E-state index < -0.39 is 11.8 Å². The molecule has 0 amide bonds. The largest absolute Gasteiger partial charge is 0.497 e. The fraction of sp³-hybridized carbons (Fsp3) is 0.118. The van der Waals surface area contributed by atoms with Gasteiger partial charge in [-0.05, 0) is 36.4 Å². The molecule has 6 nitrogen and oxygen atoms in total. The smallest absolute Gasteiger partial charge is 0.341 e.